The first-order valence-corrected chi connectivity index (χ1v) is 13.2. The molecule has 0 aliphatic carbocycles. The van der Waals surface area contributed by atoms with Crippen molar-refractivity contribution in [3.63, 3.8) is 0 Å². The Morgan fingerprint density at radius 1 is 1.00 bits per heavy atom. The molecule has 3 aromatic rings. The highest BCUT2D eigenvalue weighted by molar-refractivity contribution is 5.94. The highest BCUT2D eigenvalue weighted by Gasteiger charge is 2.29. The largest absolute Gasteiger partial charge is 0.493 e. The van der Waals surface area contributed by atoms with Gasteiger partial charge in [0.15, 0.2) is 6.61 Å². The molecule has 6 bridgehead atoms. The van der Waals surface area contributed by atoms with Crippen LogP contribution < -0.4 is 30.7 Å². The highest BCUT2D eigenvalue weighted by Crippen LogP contribution is 2.23. The lowest BCUT2D eigenvalue weighted by Gasteiger charge is -2.25. The van der Waals surface area contributed by atoms with Crippen molar-refractivity contribution in [1.29, 1.82) is 0 Å². The molecule has 0 saturated carbocycles. The van der Waals surface area contributed by atoms with Crippen LogP contribution in [-0.4, -0.2) is 59.9 Å². The molecule has 41 heavy (non-hydrogen) atoms. The number of aromatic nitrogens is 3. The maximum Gasteiger partial charge on any atom is 0.422 e. The van der Waals surface area contributed by atoms with Crippen molar-refractivity contribution in [2.75, 3.05) is 43.5 Å². The summed E-state index contributed by atoms with van der Waals surface area (Å²) in [5.41, 5.74) is 2.65. The Kier molecular flexibility index (Phi) is 9.48. The van der Waals surface area contributed by atoms with Crippen LogP contribution in [0.3, 0.4) is 0 Å². The van der Waals surface area contributed by atoms with Crippen molar-refractivity contribution in [3.8, 4) is 11.8 Å². The molecule has 10 nitrogen and oxygen atoms in total. The van der Waals surface area contributed by atoms with Crippen LogP contribution in [0.25, 0.3) is 0 Å². The van der Waals surface area contributed by atoms with Crippen LogP contribution in [0.5, 0.6) is 11.8 Å². The highest BCUT2D eigenvalue weighted by atomic mass is 19.4. The van der Waals surface area contributed by atoms with Gasteiger partial charge in [0.2, 0.25) is 11.9 Å². The van der Waals surface area contributed by atoms with E-state index in [1.807, 2.05) is 25.1 Å². The van der Waals surface area contributed by atoms with E-state index in [0.29, 0.717) is 30.9 Å². The summed E-state index contributed by atoms with van der Waals surface area (Å²) >= 11 is 0. The molecule has 0 unspecified atom stereocenters. The summed E-state index contributed by atoms with van der Waals surface area (Å²) in [6.07, 6.45) is -3.75. The number of amides is 1. The summed E-state index contributed by atoms with van der Waals surface area (Å²) in [4.78, 5) is 25.0. The molecule has 0 saturated heterocycles. The Morgan fingerprint density at radius 2 is 1.76 bits per heavy atom. The van der Waals surface area contributed by atoms with Crippen LogP contribution in [0.15, 0.2) is 42.5 Å². The standard InChI is InChI=1S/C28H34F3N7O3/c1-18-13-19-5-10-22(18)40-12-4-11-32-15-27(2,3)16-34-23(39)20-6-8-21(9-7-20)35-25-36-24(33-14-19)37-26(38-25)41-17-28(29,30)31/h5-10,13,32H,4,11-12,14-17H2,1-3H3,(H,34,39)(H2,33,35,36,37,38). The number of aryl methyl sites for hydroxylation is 1. The van der Waals surface area contributed by atoms with E-state index in [1.54, 1.807) is 24.3 Å². The molecule has 13 heteroatoms. The van der Waals surface area contributed by atoms with Crippen LogP contribution in [0.1, 0.15) is 41.8 Å². The van der Waals surface area contributed by atoms with Crippen molar-refractivity contribution >= 4 is 23.5 Å². The molecule has 0 spiro atoms. The summed E-state index contributed by atoms with van der Waals surface area (Å²) in [6.45, 7) is 7.35. The number of carbonyl (C=O) groups excluding carboxylic acids is 1. The molecule has 5 heterocycles. The molecule has 1 amide bonds. The maximum atomic E-state index is 12.8. The minimum Gasteiger partial charge on any atom is -0.493 e. The van der Waals surface area contributed by atoms with Crippen LogP contribution in [0.4, 0.5) is 30.8 Å². The number of nitrogens with one attached hydrogen (secondary N) is 4. The van der Waals surface area contributed by atoms with Crippen molar-refractivity contribution in [2.24, 2.45) is 5.41 Å². The van der Waals surface area contributed by atoms with E-state index in [1.165, 1.54) is 0 Å². The lowest BCUT2D eigenvalue weighted by Crippen LogP contribution is -2.40. The molecular weight excluding hydrogens is 539 g/mol. The third-order valence-electron chi connectivity index (χ3n) is 6.16. The van der Waals surface area contributed by atoms with Crippen LogP contribution in [0, 0.1) is 12.3 Å². The maximum absolute atomic E-state index is 12.8. The van der Waals surface area contributed by atoms with Gasteiger partial charge >= 0.3 is 12.2 Å². The first kappa shape index (κ1) is 29.8. The van der Waals surface area contributed by atoms with E-state index in [-0.39, 0.29) is 23.2 Å². The zero-order valence-corrected chi connectivity index (χ0v) is 23.2. The van der Waals surface area contributed by atoms with E-state index < -0.39 is 18.8 Å². The molecule has 220 valence electrons. The molecule has 4 aliphatic rings. The predicted octanol–water partition coefficient (Wildman–Crippen LogP) is 4.60. The Balaban J connectivity index is 1.58. The fourth-order valence-corrected chi connectivity index (χ4v) is 3.99. The van der Waals surface area contributed by atoms with E-state index in [4.69, 9.17) is 9.47 Å². The Hall–Kier alpha value is -4.13. The number of alkyl halides is 3. The van der Waals surface area contributed by atoms with Gasteiger partial charge in [-0.05, 0) is 66.8 Å². The van der Waals surface area contributed by atoms with Gasteiger partial charge in [0, 0.05) is 30.9 Å². The van der Waals surface area contributed by atoms with E-state index in [0.717, 1.165) is 36.4 Å². The third-order valence-corrected chi connectivity index (χ3v) is 6.16. The predicted molar refractivity (Wildman–Crippen MR) is 149 cm³/mol. The van der Waals surface area contributed by atoms with Gasteiger partial charge < -0.3 is 30.7 Å². The van der Waals surface area contributed by atoms with Gasteiger partial charge in [-0.2, -0.15) is 28.1 Å². The fourth-order valence-electron chi connectivity index (χ4n) is 3.99. The van der Waals surface area contributed by atoms with Crippen molar-refractivity contribution < 1.29 is 27.4 Å². The Morgan fingerprint density at radius 3 is 2.49 bits per heavy atom. The molecule has 0 atom stereocenters. The minimum atomic E-state index is -4.56. The van der Waals surface area contributed by atoms with Gasteiger partial charge in [0.25, 0.3) is 5.91 Å². The SMILES string of the molecule is Cc1cc2ccc1OCCCNCC(C)(C)CNC(=O)c1ccc(cc1)Nc1nc(nc(OCC(F)(F)F)n1)NC2. The zero-order chi connectivity index (χ0) is 29.5. The molecule has 4 aliphatic heterocycles. The number of rotatable bonds is 2. The monoisotopic (exact) mass is 573 g/mol. The number of hydrogen-bond donors (Lipinski definition) is 4. The van der Waals surface area contributed by atoms with Gasteiger partial charge in [-0.25, -0.2) is 0 Å². The Bertz CT molecular complexity index is 1330. The minimum absolute atomic E-state index is 0.0261. The third kappa shape index (κ3) is 9.48. The summed E-state index contributed by atoms with van der Waals surface area (Å²) in [5, 5.41) is 12.4. The van der Waals surface area contributed by atoms with Crippen molar-refractivity contribution in [2.45, 2.75) is 39.9 Å². The smallest absolute Gasteiger partial charge is 0.422 e. The number of ether oxygens (including phenoxy) is 2. The second-order valence-electron chi connectivity index (χ2n) is 10.6. The number of benzene rings is 2. The van der Waals surface area contributed by atoms with Gasteiger partial charge in [-0.15, -0.1) is 0 Å². The zero-order valence-electron chi connectivity index (χ0n) is 23.2. The molecule has 0 fully saturated rings. The normalized spacial score (nSPS) is 16.5. The topological polar surface area (TPSA) is 122 Å². The second-order valence-corrected chi connectivity index (χ2v) is 10.6. The first-order chi connectivity index (χ1) is 19.5. The second kappa shape index (κ2) is 13.0. The molecular formula is C28H34F3N7O3. The number of anilines is 3. The van der Waals surface area contributed by atoms with Crippen molar-refractivity contribution in [3.05, 3.63) is 59.2 Å². The van der Waals surface area contributed by atoms with Gasteiger partial charge in [-0.1, -0.05) is 26.0 Å². The molecule has 0 radical (unpaired) electrons. The average molecular weight is 574 g/mol. The lowest BCUT2D eigenvalue weighted by molar-refractivity contribution is -0.154. The quantitative estimate of drug-likeness (QED) is 0.348. The number of hydrogen-bond acceptors (Lipinski definition) is 9. The van der Waals surface area contributed by atoms with E-state index in [2.05, 4.69) is 50.1 Å². The number of halogens is 3. The van der Waals surface area contributed by atoms with Gasteiger partial charge in [-0.3, -0.25) is 4.79 Å². The molecule has 2 aromatic carbocycles. The molecule has 7 rings (SSSR count). The van der Waals surface area contributed by atoms with Gasteiger partial charge in [0.1, 0.15) is 5.75 Å². The van der Waals surface area contributed by atoms with Gasteiger partial charge in [0.05, 0.1) is 6.61 Å². The summed E-state index contributed by atoms with van der Waals surface area (Å²) in [6, 6.07) is 11.8. The summed E-state index contributed by atoms with van der Waals surface area (Å²) in [5.74, 6) is 0.549. The van der Waals surface area contributed by atoms with E-state index >= 15 is 0 Å². The van der Waals surface area contributed by atoms with Crippen LogP contribution in [-0.2, 0) is 6.54 Å². The van der Waals surface area contributed by atoms with Crippen LogP contribution >= 0.6 is 0 Å². The molecule has 1 aromatic heterocycles. The van der Waals surface area contributed by atoms with Crippen LogP contribution in [0.2, 0.25) is 0 Å². The number of nitrogens with zero attached hydrogens (tertiary/aromatic N) is 3. The summed E-state index contributed by atoms with van der Waals surface area (Å²) < 4.78 is 49.1. The fraction of sp³-hybridized carbons (Fsp3) is 0.429. The first-order valence-electron chi connectivity index (χ1n) is 13.2. The van der Waals surface area contributed by atoms with Crippen molar-refractivity contribution in [1.82, 2.24) is 25.6 Å². The average Bonchev–Trinajstić information content (AvgIpc) is 2.92. The Labute approximate surface area is 236 Å². The summed E-state index contributed by atoms with van der Waals surface area (Å²) in [7, 11) is 0. The van der Waals surface area contributed by atoms with E-state index in [9.17, 15) is 18.0 Å². The molecule has 4 N–H and O–H groups in total. The number of carbonyl (C=O) groups is 1. The lowest BCUT2D eigenvalue weighted by atomic mass is 9.93.